The second kappa shape index (κ2) is 9.74. The van der Waals surface area contributed by atoms with E-state index in [4.69, 9.17) is 4.74 Å². The monoisotopic (exact) mass is 373 g/mol. The molecule has 0 saturated carbocycles. The molecule has 2 heterocycles. The van der Waals surface area contributed by atoms with Gasteiger partial charge in [0.2, 0.25) is 11.8 Å². The highest BCUT2D eigenvalue weighted by molar-refractivity contribution is 5.84. The van der Waals surface area contributed by atoms with E-state index in [0.29, 0.717) is 19.5 Å². The maximum atomic E-state index is 12.5. The molecule has 3 rings (SSSR count). The number of nitrogens with zero attached hydrogens (tertiary/aromatic N) is 2. The molecule has 148 valence electrons. The first-order valence-electron chi connectivity index (χ1n) is 10.1. The molecule has 1 atom stereocenters. The van der Waals surface area contributed by atoms with Gasteiger partial charge < -0.3 is 15.0 Å². The van der Waals surface area contributed by atoms with Gasteiger partial charge in [-0.15, -0.1) is 0 Å². The summed E-state index contributed by atoms with van der Waals surface area (Å²) in [5.74, 6) is 0.874. The lowest BCUT2D eigenvalue weighted by molar-refractivity contribution is -0.135. The fourth-order valence-corrected chi connectivity index (χ4v) is 4.08. The van der Waals surface area contributed by atoms with Crippen molar-refractivity contribution in [2.45, 2.75) is 44.6 Å². The van der Waals surface area contributed by atoms with Crippen LogP contribution in [0.25, 0.3) is 0 Å². The molecule has 2 aliphatic rings. The molecule has 0 aromatic heterocycles. The number of carbonyl (C=O) groups excluding carboxylic acids is 2. The number of nitrogens with one attached hydrogen (secondary N) is 1. The highest BCUT2D eigenvalue weighted by atomic mass is 16.5. The third kappa shape index (κ3) is 5.22. The smallest absolute Gasteiger partial charge is 0.239 e. The Morgan fingerprint density at radius 1 is 1.11 bits per heavy atom. The molecule has 6 nitrogen and oxygen atoms in total. The number of carbonyl (C=O) groups is 2. The van der Waals surface area contributed by atoms with Gasteiger partial charge in [-0.1, -0.05) is 24.6 Å². The molecule has 27 heavy (non-hydrogen) atoms. The highest BCUT2D eigenvalue weighted by Crippen LogP contribution is 2.31. The molecule has 1 N–H and O–H groups in total. The minimum Gasteiger partial charge on any atom is -0.496 e. The van der Waals surface area contributed by atoms with Gasteiger partial charge in [0.15, 0.2) is 0 Å². The molecule has 6 heteroatoms. The van der Waals surface area contributed by atoms with Gasteiger partial charge in [-0.25, -0.2) is 0 Å². The zero-order chi connectivity index (χ0) is 19.1. The molecule has 0 aliphatic carbocycles. The first-order chi connectivity index (χ1) is 13.2. The van der Waals surface area contributed by atoms with Crippen LogP contribution in [0.3, 0.4) is 0 Å². The van der Waals surface area contributed by atoms with Crippen LogP contribution in [-0.2, 0) is 9.59 Å². The van der Waals surface area contributed by atoms with E-state index < -0.39 is 0 Å². The van der Waals surface area contributed by atoms with Crippen molar-refractivity contribution < 1.29 is 14.3 Å². The third-order valence-electron chi connectivity index (χ3n) is 5.58. The molecule has 2 fully saturated rings. The lowest BCUT2D eigenvalue weighted by Gasteiger charge is -2.29. The number of rotatable bonds is 7. The minimum absolute atomic E-state index is 0.0793. The van der Waals surface area contributed by atoms with Crippen LogP contribution in [0.4, 0.5) is 0 Å². The lowest BCUT2D eigenvalue weighted by atomic mass is 10.0. The van der Waals surface area contributed by atoms with E-state index in [1.807, 2.05) is 18.2 Å². The zero-order valence-electron chi connectivity index (χ0n) is 16.3. The molecular formula is C21H31N3O3. The second-order valence-corrected chi connectivity index (χ2v) is 7.43. The summed E-state index contributed by atoms with van der Waals surface area (Å²) < 4.78 is 5.55. The average molecular weight is 373 g/mol. The summed E-state index contributed by atoms with van der Waals surface area (Å²) in [6, 6.07) is 8.11. The quantitative estimate of drug-likeness (QED) is 0.797. The van der Waals surface area contributed by atoms with Crippen LogP contribution in [0.5, 0.6) is 5.75 Å². The fraction of sp³-hybridized carbons (Fsp3) is 0.619. The SMILES string of the molecule is COc1ccccc1C(CNC(=O)CN1CCCCCC1=O)N1CCCC1. The van der Waals surface area contributed by atoms with Crippen LogP contribution < -0.4 is 10.1 Å². The molecule has 2 amide bonds. The Kier molecular flexibility index (Phi) is 7.10. The Balaban J connectivity index is 1.64. The van der Waals surface area contributed by atoms with Crippen molar-refractivity contribution >= 4 is 11.8 Å². The van der Waals surface area contributed by atoms with Gasteiger partial charge in [-0.05, 0) is 44.8 Å². The summed E-state index contributed by atoms with van der Waals surface area (Å²) >= 11 is 0. The van der Waals surface area contributed by atoms with Gasteiger partial charge >= 0.3 is 0 Å². The van der Waals surface area contributed by atoms with Crippen molar-refractivity contribution in [3.8, 4) is 5.75 Å². The Morgan fingerprint density at radius 2 is 1.85 bits per heavy atom. The summed E-state index contributed by atoms with van der Waals surface area (Å²) in [7, 11) is 1.68. The van der Waals surface area contributed by atoms with Crippen molar-refractivity contribution in [1.82, 2.24) is 15.1 Å². The van der Waals surface area contributed by atoms with Crippen LogP contribution >= 0.6 is 0 Å². The molecule has 2 saturated heterocycles. The van der Waals surface area contributed by atoms with Crippen molar-refractivity contribution in [2.75, 3.05) is 39.8 Å². The molecule has 0 spiro atoms. The first-order valence-corrected chi connectivity index (χ1v) is 10.1. The summed E-state index contributed by atoms with van der Waals surface area (Å²) in [6.07, 6.45) is 5.90. The number of benzene rings is 1. The summed E-state index contributed by atoms with van der Waals surface area (Å²) in [5.41, 5.74) is 1.10. The number of methoxy groups -OCH3 is 1. The van der Waals surface area contributed by atoms with Crippen molar-refractivity contribution in [3.63, 3.8) is 0 Å². The average Bonchev–Trinajstić information content (AvgIpc) is 3.14. The van der Waals surface area contributed by atoms with Gasteiger partial charge in [0, 0.05) is 25.1 Å². The van der Waals surface area contributed by atoms with E-state index in [1.165, 1.54) is 12.8 Å². The zero-order valence-corrected chi connectivity index (χ0v) is 16.3. The summed E-state index contributed by atoms with van der Waals surface area (Å²) in [5, 5.41) is 3.07. The first kappa shape index (κ1) is 19.7. The van der Waals surface area contributed by atoms with Gasteiger partial charge in [0.1, 0.15) is 5.75 Å². The molecule has 0 bridgehead atoms. The van der Waals surface area contributed by atoms with Gasteiger partial charge in [-0.2, -0.15) is 0 Å². The number of hydrogen-bond acceptors (Lipinski definition) is 4. The molecule has 0 radical (unpaired) electrons. The number of likely N-dealkylation sites (tertiary alicyclic amines) is 2. The van der Waals surface area contributed by atoms with E-state index in [2.05, 4.69) is 16.3 Å². The normalized spacial score (nSPS) is 19.6. The topological polar surface area (TPSA) is 61.9 Å². The van der Waals surface area contributed by atoms with Crippen LogP contribution in [0, 0.1) is 0 Å². The van der Waals surface area contributed by atoms with Crippen LogP contribution in [0.2, 0.25) is 0 Å². The maximum Gasteiger partial charge on any atom is 0.239 e. The third-order valence-corrected chi connectivity index (χ3v) is 5.58. The predicted octanol–water partition coefficient (Wildman–Crippen LogP) is 2.35. The number of amides is 2. The Hall–Kier alpha value is -2.08. The Bertz CT molecular complexity index is 643. The van der Waals surface area contributed by atoms with Gasteiger partial charge in [0.25, 0.3) is 0 Å². The molecule has 1 aromatic rings. The lowest BCUT2D eigenvalue weighted by Crippen LogP contribution is -2.43. The van der Waals surface area contributed by atoms with E-state index in [-0.39, 0.29) is 24.4 Å². The molecule has 2 aliphatic heterocycles. The molecule has 1 aromatic carbocycles. The summed E-state index contributed by atoms with van der Waals surface area (Å²) in [6.45, 7) is 3.44. The standard InChI is InChI=1S/C21H31N3O3/c1-27-19-10-5-4-9-17(19)18(23-12-7-8-13-23)15-22-20(25)16-24-14-6-2-3-11-21(24)26/h4-5,9-10,18H,2-3,6-8,11-16H2,1H3,(H,22,25). The predicted molar refractivity (Wildman–Crippen MR) is 105 cm³/mol. The maximum absolute atomic E-state index is 12.5. The number of hydrogen-bond donors (Lipinski definition) is 1. The minimum atomic E-state index is -0.0793. The van der Waals surface area contributed by atoms with Crippen molar-refractivity contribution in [3.05, 3.63) is 29.8 Å². The van der Waals surface area contributed by atoms with Crippen LogP contribution in [-0.4, -0.2) is 61.4 Å². The molecule has 1 unspecified atom stereocenters. The van der Waals surface area contributed by atoms with Crippen molar-refractivity contribution in [2.24, 2.45) is 0 Å². The largest absolute Gasteiger partial charge is 0.496 e. The van der Waals surface area contributed by atoms with E-state index in [1.54, 1.807) is 12.0 Å². The van der Waals surface area contributed by atoms with E-state index >= 15 is 0 Å². The summed E-state index contributed by atoms with van der Waals surface area (Å²) in [4.78, 5) is 28.8. The van der Waals surface area contributed by atoms with Gasteiger partial charge in [-0.3, -0.25) is 14.5 Å². The van der Waals surface area contributed by atoms with E-state index in [0.717, 1.165) is 43.7 Å². The van der Waals surface area contributed by atoms with E-state index in [9.17, 15) is 9.59 Å². The Labute approximate surface area is 161 Å². The molecular weight excluding hydrogens is 342 g/mol. The van der Waals surface area contributed by atoms with Gasteiger partial charge in [0.05, 0.1) is 19.7 Å². The number of ether oxygens (including phenoxy) is 1. The van der Waals surface area contributed by atoms with Crippen molar-refractivity contribution in [1.29, 1.82) is 0 Å². The van der Waals surface area contributed by atoms with Crippen LogP contribution in [0.1, 0.15) is 50.1 Å². The fourth-order valence-electron chi connectivity index (χ4n) is 4.08. The number of para-hydroxylation sites is 1. The Morgan fingerprint density at radius 3 is 2.63 bits per heavy atom. The highest BCUT2D eigenvalue weighted by Gasteiger charge is 2.27. The second-order valence-electron chi connectivity index (χ2n) is 7.43. The van der Waals surface area contributed by atoms with Crippen LogP contribution in [0.15, 0.2) is 24.3 Å².